The van der Waals surface area contributed by atoms with Crippen LogP contribution in [-0.2, 0) is 11.2 Å². The molecule has 2 aliphatic rings. The molecule has 4 heterocycles. The summed E-state index contributed by atoms with van der Waals surface area (Å²) in [7, 11) is 0. The minimum absolute atomic E-state index is 0.0501. The molecule has 1 amide bonds. The lowest BCUT2D eigenvalue weighted by atomic mass is 9.94. The summed E-state index contributed by atoms with van der Waals surface area (Å²) in [6, 6.07) is 14.2. The molecule has 29 heavy (non-hydrogen) atoms. The summed E-state index contributed by atoms with van der Waals surface area (Å²) in [4.78, 5) is 30.3. The van der Waals surface area contributed by atoms with Gasteiger partial charge in [0.15, 0.2) is 0 Å². The van der Waals surface area contributed by atoms with Gasteiger partial charge in [-0.15, -0.1) is 0 Å². The number of fused-ring (bicyclic) bond motifs is 3. The lowest BCUT2D eigenvalue weighted by molar-refractivity contribution is -0.123. The molecule has 2 aromatic heterocycles. The van der Waals surface area contributed by atoms with E-state index in [9.17, 15) is 4.79 Å². The molecule has 5 rings (SSSR count). The average molecular weight is 387 g/mol. The van der Waals surface area contributed by atoms with Gasteiger partial charge in [0.1, 0.15) is 11.6 Å². The zero-order chi connectivity index (χ0) is 19.8. The highest BCUT2D eigenvalue weighted by Crippen LogP contribution is 2.36. The number of anilines is 2. The van der Waals surface area contributed by atoms with Gasteiger partial charge in [0, 0.05) is 43.7 Å². The van der Waals surface area contributed by atoms with Crippen molar-refractivity contribution < 1.29 is 4.79 Å². The number of imidazole rings is 1. The lowest BCUT2D eigenvalue weighted by Crippen LogP contribution is -2.43. The number of para-hydroxylation sites is 1. The van der Waals surface area contributed by atoms with Crippen LogP contribution in [0.15, 0.2) is 48.7 Å². The Bertz CT molecular complexity index is 1020. The van der Waals surface area contributed by atoms with Crippen molar-refractivity contribution in [2.75, 3.05) is 29.4 Å². The third kappa shape index (κ3) is 3.28. The maximum Gasteiger partial charge on any atom is 0.230 e. The SMILES string of the molecule is Cc1nc2c([nH]1)-c1ccccc1N(C(=O)C1CCN(c3ccccn3)CC1)CC2. The number of piperidine rings is 1. The number of hydrogen-bond donors (Lipinski definition) is 1. The maximum atomic E-state index is 13.5. The van der Waals surface area contributed by atoms with Crippen molar-refractivity contribution in [1.82, 2.24) is 15.0 Å². The zero-order valence-corrected chi connectivity index (χ0v) is 16.6. The molecule has 3 aromatic rings. The van der Waals surface area contributed by atoms with Crippen LogP contribution in [0.1, 0.15) is 24.4 Å². The monoisotopic (exact) mass is 387 g/mol. The summed E-state index contributed by atoms with van der Waals surface area (Å²) < 4.78 is 0. The van der Waals surface area contributed by atoms with Gasteiger partial charge in [-0.25, -0.2) is 9.97 Å². The third-order valence-electron chi connectivity index (χ3n) is 6.02. The van der Waals surface area contributed by atoms with E-state index in [0.717, 1.165) is 66.6 Å². The maximum absolute atomic E-state index is 13.5. The minimum atomic E-state index is 0.0501. The first-order valence-electron chi connectivity index (χ1n) is 10.3. The largest absolute Gasteiger partial charge is 0.357 e. The molecule has 1 fully saturated rings. The Hall–Kier alpha value is -3.15. The molecule has 6 heteroatoms. The molecule has 6 nitrogen and oxygen atoms in total. The lowest BCUT2D eigenvalue weighted by Gasteiger charge is -2.35. The first kappa shape index (κ1) is 17.9. The number of carbonyl (C=O) groups excluding carboxylic acids is 1. The fourth-order valence-electron chi connectivity index (χ4n) is 4.55. The molecule has 0 bridgehead atoms. The molecule has 0 aliphatic carbocycles. The topological polar surface area (TPSA) is 65.1 Å². The van der Waals surface area contributed by atoms with Gasteiger partial charge in [0.05, 0.1) is 17.1 Å². The molecule has 1 aromatic carbocycles. The highest BCUT2D eigenvalue weighted by atomic mass is 16.2. The molecular formula is C23H25N5O. The number of nitrogens with one attached hydrogen (secondary N) is 1. The molecule has 1 saturated heterocycles. The number of benzene rings is 1. The van der Waals surface area contributed by atoms with Gasteiger partial charge in [0.2, 0.25) is 5.91 Å². The fraction of sp³-hybridized carbons (Fsp3) is 0.348. The minimum Gasteiger partial charge on any atom is -0.357 e. The Morgan fingerprint density at radius 3 is 2.66 bits per heavy atom. The second kappa shape index (κ2) is 7.35. The first-order chi connectivity index (χ1) is 14.2. The van der Waals surface area contributed by atoms with Crippen LogP contribution < -0.4 is 9.80 Å². The van der Waals surface area contributed by atoms with Gasteiger partial charge in [-0.2, -0.15) is 0 Å². The van der Waals surface area contributed by atoms with E-state index in [-0.39, 0.29) is 11.8 Å². The van der Waals surface area contributed by atoms with Crippen LogP contribution in [0, 0.1) is 12.8 Å². The van der Waals surface area contributed by atoms with E-state index in [2.05, 4.69) is 32.0 Å². The van der Waals surface area contributed by atoms with Crippen molar-refractivity contribution in [3.63, 3.8) is 0 Å². The quantitative estimate of drug-likeness (QED) is 0.730. The molecule has 0 atom stereocenters. The predicted octanol–water partition coefficient (Wildman–Crippen LogP) is 3.59. The molecule has 0 saturated carbocycles. The Balaban J connectivity index is 1.37. The summed E-state index contributed by atoms with van der Waals surface area (Å²) in [6.45, 7) is 4.38. The summed E-state index contributed by atoms with van der Waals surface area (Å²) in [6.07, 6.45) is 4.31. The number of rotatable bonds is 2. The van der Waals surface area contributed by atoms with E-state index >= 15 is 0 Å². The highest BCUT2D eigenvalue weighted by Gasteiger charge is 2.32. The average Bonchev–Trinajstić information content (AvgIpc) is 3.08. The third-order valence-corrected chi connectivity index (χ3v) is 6.02. The second-order valence-electron chi connectivity index (χ2n) is 7.85. The number of hydrogen-bond acceptors (Lipinski definition) is 4. The summed E-state index contributed by atoms with van der Waals surface area (Å²) in [5.74, 6) is 2.21. The van der Waals surface area contributed by atoms with Crippen molar-refractivity contribution in [2.24, 2.45) is 5.92 Å². The summed E-state index contributed by atoms with van der Waals surface area (Å²) in [5.41, 5.74) is 4.17. The number of aromatic amines is 1. The number of amides is 1. The molecule has 148 valence electrons. The first-order valence-corrected chi connectivity index (χ1v) is 10.3. The Kier molecular flexibility index (Phi) is 4.54. The molecule has 2 aliphatic heterocycles. The van der Waals surface area contributed by atoms with Crippen molar-refractivity contribution in [1.29, 1.82) is 0 Å². The van der Waals surface area contributed by atoms with Crippen LogP contribution in [0.25, 0.3) is 11.3 Å². The van der Waals surface area contributed by atoms with E-state index in [1.807, 2.05) is 48.4 Å². The van der Waals surface area contributed by atoms with Crippen LogP contribution in [0.2, 0.25) is 0 Å². The van der Waals surface area contributed by atoms with E-state index in [0.29, 0.717) is 6.54 Å². The van der Waals surface area contributed by atoms with Gasteiger partial charge in [-0.3, -0.25) is 4.79 Å². The normalized spacial score (nSPS) is 16.9. The summed E-state index contributed by atoms with van der Waals surface area (Å²) >= 11 is 0. The van der Waals surface area contributed by atoms with Gasteiger partial charge < -0.3 is 14.8 Å². The Morgan fingerprint density at radius 2 is 1.86 bits per heavy atom. The van der Waals surface area contributed by atoms with Crippen LogP contribution in [0.3, 0.4) is 0 Å². The van der Waals surface area contributed by atoms with Crippen molar-refractivity contribution in [3.05, 3.63) is 60.2 Å². The number of aromatic nitrogens is 3. The molecule has 1 N–H and O–H groups in total. The van der Waals surface area contributed by atoms with E-state index in [4.69, 9.17) is 0 Å². The highest BCUT2D eigenvalue weighted by molar-refractivity contribution is 5.99. The van der Waals surface area contributed by atoms with Crippen LogP contribution in [0.4, 0.5) is 11.5 Å². The zero-order valence-electron chi connectivity index (χ0n) is 16.6. The van der Waals surface area contributed by atoms with Crippen molar-refractivity contribution in [2.45, 2.75) is 26.2 Å². The fourth-order valence-corrected chi connectivity index (χ4v) is 4.55. The number of H-pyrrole nitrogens is 1. The van der Waals surface area contributed by atoms with E-state index in [1.54, 1.807) is 0 Å². The van der Waals surface area contributed by atoms with Gasteiger partial charge in [-0.05, 0) is 38.0 Å². The predicted molar refractivity (Wildman–Crippen MR) is 114 cm³/mol. The molecule has 0 radical (unpaired) electrons. The van der Waals surface area contributed by atoms with E-state index < -0.39 is 0 Å². The van der Waals surface area contributed by atoms with Gasteiger partial charge in [-0.1, -0.05) is 24.3 Å². The van der Waals surface area contributed by atoms with Gasteiger partial charge >= 0.3 is 0 Å². The van der Waals surface area contributed by atoms with Crippen LogP contribution >= 0.6 is 0 Å². The van der Waals surface area contributed by atoms with Gasteiger partial charge in [0.25, 0.3) is 0 Å². The van der Waals surface area contributed by atoms with Crippen molar-refractivity contribution in [3.8, 4) is 11.3 Å². The second-order valence-corrected chi connectivity index (χ2v) is 7.85. The number of aryl methyl sites for hydroxylation is 1. The van der Waals surface area contributed by atoms with E-state index in [1.165, 1.54) is 0 Å². The molecular weight excluding hydrogens is 362 g/mol. The van der Waals surface area contributed by atoms with Crippen LogP contribution in [0.5, 0.6) is 0 Å². The number of nitrogens with zero attached hydrogens (tertiary/aromatic N) is 4. The standard InChI is InChI=1S/C23H25N5O/c1-16-25-19-11-15-28(20-7-3-2-6-18(20)22(19)26-16)23(29)17-9-13-27(14-10-17)21-8-4-5-12-24-21/h2-8,12,17H,9-11,13-15H2,1H3,(H,25,26). The smallest absolute Gasteiger partial charge is 0.230 e. The Labute approximate surface area is 170 Å². The molecule has 0 unspecified atom stereocenters. The van der Waals surface area contributed by atoms with Crippen molar-refractivity contribution >= 4 is 17.4 Å². The number of pyridine rings is 1. The van der Waals surface area contributed by atoms with Crippen LogP contribution in [-0.4, -0.2) is 40.5 Å². The molecule has 0 spiro atoms. The number of carbonyl (C=O) groups is 1. The summed E-state index contributed by atoms with van der Waals surface area (Å²) in [5, 5.41) is 0. The Morgan fingerprint density at radius 1 is 1.07 bits per heavy atom.